The van der Waals surface area contributed by atoms with Crippen LogP contribution in [0.3, 0.4) is 0 Å². The molecule has 1 aromatic carbocycles. The Bertz CT molecular complexity index is 750. The molecule has 0 fully saturated rings. The molecule has 0 aliphatic rings. The normalized spacial score (nSPS) is 10.3. The van der Waals surface area contributed by atoms with Gasteiger partial charge in [0.05, 0.1) is 18.9 Å². The van der Waals surface area contributed by atoms with E-state index in [4.69, 9.17) is 25.8 Å². The number of aryl methyl sites for hydroxylation is 1. The molecule has 0 saturated heterocycles. The number of esters is 2. The molecule has 1 aromatic heterocycles. The molecule has 26 heavy (non-hydrogen) atoms. The van der Waals surface area contributed by atoms with Gasteiger partial charge in [-0.1, -0.05) is 41.9 Å². The lowest BCUT2D eigenvalue weighted by molar-refractivity contribution is 0.0513. The molecule has 0 bridgehead atoms. The number of carbonyl (C=O) groups excluding carboxylic acids is 2. The quantitative estimate of drug-likeness (QED) is 0.536. The molecular formula is C19H20ClNO5. The van der Waals surface area contributed by atoms with Crippen LogP contribution in [0.2, 0.25) is 5.15 Å². The fourth-order valence-electron chi connectivity index (χ4n) is 2.34. The lowest BCUT2D eigenvalue weighted by Gasteiger charge is -2.17. The van der Waals surface area contributed by atoms with Crippen molar-refractivity contribution >= 4 is 23.5 Å². The summed E-state index contributed by atoms with van der Waals surface area (Å²) in [6.45, 7) is 5.42. The van der Waals surface area contributed by atoms with Gasteiger partial charge in [-0.3, -0.25) is 0 Å². The summed E-state index contributed by atoms with van der Waals surface area (Å²) in [5, 5.41) is -0.0861. The zero-order chi connectivity index (χ0) is 19.1. The van der Waals surface area contributed by atoms with Crippen LogP contribution in [-0.2, 0) is 16.1 Å². The van der Waals surface area contributed by atoms with Gasteiger partial charge < -0.3 is 14.2 Å². The van der Waals surface area contributed by atoms with Crippen molar-refractivity contribution in [3.05, 3.63) is 57.9 Å². The first-order valence-electron chi connectivity index (χ1n) is 8.20. The largest absolute Gasteiger partial charge is 0.487 e. The summed E-state index contributed by atoms with van der Waals surface area (Å²) in [5.41, 5.74) is 1.15. The standard InChI is InChI=1S/C19H20ClNO5/c1-4-24-18(22)14-12(3)21-17(20)15(19(23)25-5-2)16(14)26-11-13-9-7-6-8-10-13/h6-10H,4-5,11H2,1-3H3. The average Bonchev–Trinajstić information content (AvgIpc) is 2.60. The van der Waals surface area contributed by atoms with E-state index in [-0.39, 0.29) is 41.9 Å². The van der Waals surface area contributed by atoms with Gasteiger partial charge in [-0.2, -0.15) is 0 Å². The number of aromatic nitrogens is 1. The van der Waals surface area contributed by atoms with Gasteiger partial charge in [-0.25, -0.2) is 14.6 Å². The van der Waals surface area contributed by atoms with E-state index in [0.717, 1.165) is 5.56 Å². The van der Waals surface area contributed by atoms with Crippen LogP contribution in [0.5, 0.6) is 5.75 Å². The Morgan fingerprint density at radius 1 is 1.00 bits per heavy atom. The third-order valence-electron chi connectivity index (χ3n) is 3.47. The summed E-state index contributed by atoms with van der Waals surface area (Å²) in [6.07, 6.45) is 0. The maximum absolute atomic E-state index is 12.4. The summed E-state index contributed by atoms with van der Waals surface area (Å²) in [7, 11) is 0. The molecule has 0 aliphatic heterocycles. The zero-order valence-electron chi connectivity index (χ0n) is 14.9. The Morgan fingerprint density at radius 2 is 1.58 bits per heavy atom. The predicted molar refractivity (Wildman–Crippen MR) is 96.7 cm³/mol. The highest BCUT2D eigenvalue weighted by Gasteiger charge is 2.29. The number of halogens is 1. The van der Waals surface area contributed by atoms with E-state index in [9.17, 15) is 9.59 Å². The van der Waals surface area contributed by atoms with Crippen molar-refractivity contribution in [1.82, 2.24) is 4.98 Å². The van der Waals surface area contributed by atoms with E-state index in [1.807, 2.05) is 30.3 Å². The number of hydrogen-bond donors (Lipinski definition) is 0. The molecule has 2 rings (SSSR count). The summed E-state index contributed by atoms with van der Waals surface area (Å²) in [6, 6.07) is 9.34. The Hall–Kier alpha value is -2.60. The molecule has 138 valence electrons. The maximum atomic E-state index is 12.4. The Balaban J connectivity index is 2.53. The maximum Gasteiger partial charge on any atom is 0.345 e. The molecule has 0 N–H and O–H groups in total. The van der Waals surface area contributed by atoms with Crippen LogP contribution in [0.15, 0.2) is 30.3 Å². The smallest absolute Gasteiger partial charge is 0.345 e. The SMILES string of the molecule is CCOC(=O)c1c(C)nc(Cl)c(C(=O)OCC)c1OCc1ccccc1. The summed E-state index contributed by atoms with van der Waals surface area (Å²) in [5.74, 6) is -1.33. The van der Waals surface area contributed by atoms with E-state index in [1.54, 1.807) is 20.8 Å². The van der Waals surface area contributed by atoms with Crippen molar-refractivity contribution in [2.45, 2.75) is 27.4 Å². The van der Waals surface area contributed by atoms with Crippen LogP contribution in [0.25, 0.3) is 0 Å². The van der Waals surface area contributed by atoms with Gasteiger partial charge >= 0.3 is 11.9 Å². The molecule has 2 aromatic rings. The van der Waals surface area contributed by atoms with Crippen molar-refractivity contribution in [2.24, 2.45) is 0 Å². The Labute approximate surface area is 157 Å². The highest BCUT2D eigenvalue weighted by Crippen LogP contribution is 2.33. The van der Waals surface area contributed by atoms with Crippen LogP contribution in [0.1, 0.15) is 45.8 Å². The molecule has 0 unspecified atom stereocenters. The van der Waals surface area contributed by atoms with Crippen molar-refractivity contribution < 1.29 is 23.8 Å². The summed E-state index contributed by atoms with van der Waals surface area (Å²) >= 11 is 6.16. The first-order chi connectivity index (χ1) is 12.5. The van der Waals surface area contributed by atoms with Crippen molar-refractivity contribution in [3.8, 4) is 5.75 Å². The second kappa shape index (κ2) is 9.20. The van der Waals surface area contributed by atoms with Crippen LogP contribution < -0.4 is 4.74 Å². The number of benzene rings is 1. The van der Waals surface area contributed by atoms with Gasteiger partial charge in [0.2, 0.25) is 0 Å². The number of rotatable bonds is 7. The fraction of sp³-hybridized carbons (Fsp3) is 0.316. The van der Waals surface area contributed by atoms with Gasteiger partial charge in [0.15, 0.2) is 5.75 Å². The lowest BCUT2D eigenvalue weighted by atomic mass is 10.1. The van der Waals surface area contributed by atoms with E-state index in [1.165, 1.54) is 0 Å². The number of nitrogens with zero attached hydrogens (tertiary/aromatic N) is 1. The van der Waals surface area contributed by atoms with Crippen LogP contribution in [0.4, 0.5) is 0 Å². The lowest BCUT2D eigenvalue weighted by Crippen LogP contribution is -2.17. The minimum atomic E-state index is -0.710. The first-order valence-corrected chi connectivity index (χ1v) is 8.58. The van der Waals surface area contributed by atoms with Crippen LogP contribution in [-0.4, -0.2) is 30.1 Å². The molecule has 0 amide bonds. The topological polar surface area (TPSA) is 74.7 Å². The average molecular weight is 378 g/mol. The molecule has 6 nitrogen and oxygen atoms in total. The highest BCUT2D eigenvalue weighted by molar-refractivity contribution is 6.33. The molecule has 0 spiro atoms. The van der Waals surface area contributed by atoms with Gasteiger partial charge in [-0.05, 0) is 26.3 Å². The number of pyridine rings is 1. The Morgan fingerprint density at radius 3 is 2.15 bits per heavy atom. The van der Waals surface area contributed by atoms with Crippen LogP contribution in [0, 0.1) is 6.92 Å². The van der Waals surface area contributed by atoms with Gasteiger partial charge in [0.25, 0.3) is 0 Å². The van der Waals surface area contributed by atoms with Gasteiger partial charge in [0.1, 0.15) is 22.9 Å². The highest BCUT2D eigenvalue weighted by atomic mass is 35.5. The van der Waals surface area contributed by atoms with Crippen LogP contribution >= 0.6 is 11.6 Å². The third-order valence-corrected chi connectivity index (χ3v) is 3.75. The van der Waals surface area contributed by atoms with Crippen molar-refractivity contribution in [3.63, 3.8) is 0 Å². The molecule has 1 heterocycles. The third kappa shape index (κ3) is 4.52. The van der Waals surface area contributed by atoms with E-state index in [2.05, 4.69) is 4.98 Å². The van der Waals surface area contributed by atoms with Crippen molar-refractivity contribution in [2.75, 3.05) is 13.2 Å². The van der Waals surface area contributed by atoms with E-state index in [0.29, 0.717) is 5.69 Å². The predicted octanol–water partition coefficient (Wildman–Crippen LogP) is 3.98. The van der Waals surface area contributed by atoms with E-state index < -0.39 is 11.9 Å². The molecule has 0 atom stereocenters. The summed E-state index contributed by atoms with van der Waals surface area (Å²) in [4.78, 5) is 28.8. The first kappa shape index (κ1) is 19.7. The van der Waals surface area contributed by atoms with E-state index >= 15 is 0 Å². The van der Waals surface area contributed by atoms with Gasteiger partial charge in [-0.15, -0.1) is 0 Å². The Kier molecular flexibility index (Phi) is 6.97. The van der Waals surface area contributed by atoms with Gasteiger partial charge in [0, 0.05) is 0 Å². The number of hydrogen-bond acceptors (Lipinski definition) is 6. The summed E-state index contributed by atoms with van der Waals surface area (Å²) < 4.78 is 15.9. The molecule has 0 aliphatic carbocycles. The zero-order valence-corrected chi connectivity index (χ0v) is 15.6. The number of ether oxygens (including phenoxy) is 3. The molecule has 0 radical (unpaired) electrons. The fourth-order valence-corrected chi connectivity index (χ4v) is 2.63. The molecule has 7 heteroatoms. The minimum absolute atomic E-state index is 0.0169. The minimum Gasteiger partial charge on any atom is -0.487 e. The second-order valence-corrected chi connectivity index (χ2v) is 5.64. The number of carbonyl (C=O) groups is 2. The monoisotopic (exact) mass is 377 g/mol. The van der Waals surface area contributed by atoms with Crippen molar-refractivity contribution in [1.29, 1.82) is 0 Å². The molecular weight excluding hydrogens is 358 g/mol. The molecule has 0 saturated carbocycles. The second-order valence-electron chi connectivity index (χ2n) is 5.28.